The van der Waals surface area contributed by atoms with Gasteiger partial charge in [-0.15, -0.1) is 0 Å². The summed E-state index contributed by atoms with van der Waals surface area (Å²) in [5.41, 5.74) is 0.940. The number of aliphatic carboxylic acids is 1. The number of hydrogen-bond acceptors (Lipinski definition) is 5. The molecule has 0 saturated carbocycles. The summed E-state index contributed by atoms with van der Waals surface area (Å²) in [5, 5.41) is 9.15. The molecule has 0 spiro atoms. The maximum Gasteiger partial charge on any atom is 0.341 e. The van der Waals surface area contributed by atoms with Gasteiger partial charge in [-0.1, -0.05) is 13.0 Å². The van der Waals surface area contributed by atoms with Crippen molar-refractivity contribution in [3.8, 4) is 17.3 Å². The lowest BCUT2D eigenvalue weighted by Crippen LogP contribution is -2.16. The lowest BCUT2D eigenvalue weighted by atomic mass is 10.1. The average molecular weight is 314 g/mol. The minimum atomic E-state index is -1.18. The summed E-state index contributed by atoms with van der Waals surface area (Å²) >= 11 is 0. The molecule has 0 aliphatic heterocycles. The van der Waals surface area contributed by atoms with Crippen molar-refractivity contribution in [2.45, 2.75) is 13.3 Å². The lowest BCUT2D eigenvalue weighted by molar-refractivity contribution is -0.139. The third kappa shape index (κ3) is 2.83. The van der Waals surface area contributed by atoms with Gasteiger partial charge in [-0.3, -0.25) is 4.79 Å². The second-order valence-corrected chi connectivity index (χ2v) is 4.93. The van der Waals surface area contributed by atoms with E-state index in [1.165, 1.54) is 6.26 Å². The van der Waals surface area contributed by atoms with Gasteiger partial charge in [0.15, 0.2) is 12.4 Å². The number of benzene rings is 1. The van der Waals surface area contributed by atoms with Crippen molar-refractivity contribution in [1.29, 1.82) is 0 Å². The fourth-order valence-electron chi connectivity index (χ4n) is 2.28. The van der Waals surface area contributed by atoms with Crippen LogP contribution in [0.1, 0.15) is 12.5 Å². The van der Waals surface area contributed by atoms with Gasteiger partial charge in [-0.05, 0) is 36.2 Å². The lowest BCUT2D eigenvalue weighted by Gasteiger charge is -2.09. The minimum absolute atomic E-state index is 0.0815. The molecule has 1 N–H and O–H groups in total. The van der Waals surface area contributed by atoms with Crippen LogP contribution in [0.4, 0.5) is 0 Å². The van der Waals surface area contributed by atoms with Gasteiger partial charge >= 0.3 is 5.97 Å². The van der Waals surface area contributed by atoms with E-state index in [0.717, 1.165) is 12.0 Å². The van der Waals surface area contributed by atoms with Crippen LogP contribution in [0.15, 0.2) is 50.2 Å². The van der Waals surface area contributed by atoms with Gasteiger partial charge < -0.3 is 18.7 Å². The van der Waals surface area contributed by atoms with Gasteiger partial charge in [0, 0.05) is 0 Å². The molecule has 0 radical (unpaired) electrons. The molecule has 3 rings (SSSR count). The van der Waals surface area contributed by atoms with Crippen LogP contribution in [0.5, 0.6) is 5.75 Å². The van der Waals surface area contributed by atoms with Crippen molar-refractivity contribution in [3.05, 3.63) is 52.4 Å². The molecule has 6 nitrogen and oxygen atoms in total. The number of carboxylic acid groups (broad SMARTS) is 1. The number of furan rings is 1. The Bertz CT molecular complexity index is 905. The highest BCUT2D eigenvalue weighted by atomic mass is 16.5. The molecule has 0 bridgehead atoms. The molecule has 2 heterocycles. The molecule has 118 valence electrons. The molecule has 0 aliphatic rings. The molecule has 0 amide bonds. The number of aryl methyl sites for hydroxylation is 1. The fraction of sp³-hybridized carbons (Fsp3) is 0.176. The summed E-state index contributed by atoms with van der Waals surface area (Å²) in [6.07, 6.45) is 2.20. The standard InChI is InChI=1S/C17H14O6/c1-2-10-5-6-12-11(8-10)15(20)17(22-9-14(18)19)16(23-12)13-4-3-7-21-13/h3-8H,2,9H2,1H3,(H,18,19). The second-order valence-electron chi connectivity index (χ2n) is 4.93. The second kappa shape index (κ2) is 6.00. The Morgan fingerprint density at radius 1 is 1.30 bits per heavy atom. The first kappa shape index (κ1) is 14.9. The minimum Gasteiger partial charge on any atom is -0.479 e. The predicted molar refractivity (Wildman–Crippen MR) is 82.7 cm³/mol. The summed E-state index contributed by atoms with van der Waals surface area (Å²) in [5.74, 6) is -0.970. The number of carbonyl (C=O) groups is 1. The van der Waals surface area contributed by atoms with E-state index in [0.29, 0.717) is 16.7 Å². The fourth-order valence-corrected chi connectivity index (χ4v) is 2.28. The van der Waals surface area contributed by atoms with Crippen LogP contribution in [0, 0.1) is 0 Å². The van der Waals surface area contributed by atoms with Gasteiger partial charge in [-0.25, -0.2) is 4.79 Å². The highest BCUT2D eigenvalue weighted by Gasteiger charge is 2.20. The van der Waals surface area contributed by atoms with E-state index in [4.69, 9.17) is 18.7 Å². The maximum atomic E-state index is 12.7. The first-order valence-corrected chi connectivity index (χ1v) is 7.08. The summed E-state index contributed by atoms with van der Waals surface area (Å²) in [6.45, 7) is 1.33. The van der Waals surface area contributed by atoms with Crippen molar-refractivity contribution in [2.24, 2.45) is 0 Å². The highest BCUT2D eigenvalue weighted by Crippen LogP contribution is 2.31. The SMILES string of the molecule is CCc1ccc2oc(-c3ccco3)c(OCC(=O)O)c(=O)c2c1. The van der Waals surface area contributed by atoms with Crippen molar-refractivity contribution in [2.75, 3.05) is 6.61 Å². The van der Waals surface area contributed by atoms with E-state index in [2.05, 4.69) is 0 Å². The third-order valence-corrected chi connectivity index (χ3v) is 3.41. The number of ether oxygens (including phenoxy) is 1. The van der Waals surface area contributed by atoms with E-state index in [9.17, 15) is 9.59 Å². The van der Waals surface area contributed by atoms with Crippen LogP contribution in [0.2, 0.25) is 0 Å². The molecular formula is C17H14O6. The van der Waals surface area contributed by atoms with Gasteiger partial charge in [0.25, 0.3) is 0 Å². The van der Waals surface area contributed by atoms with Crippen LogP contribution >= 0.6 is 0 Å². The number of hydrogen-bond donors (Lipinski definition) is 1. The van der Waals surface area contributed by atoms with Gasteiger partial charge in [0.05, 0.1) is 11.6 Å². The van der Waals surface area contributed by atoms with Gasteiger partial charge in [0.1, 0.15) is 5.58 Å². The largest absolute Gasteiger partial charge is 0.479 e. The summed E-state index contributed by atoms with van der Waals surface area (Å²) in [7, 11) is 0. The first-order valence-electron chi connectivity index (χ1n) is 7.08. The summed E-state index contributed by atoms with van der Waals surface area (Å²) < 4.78 is 16.2. The van der Waals surface area contributed by atoms with Crippen LogP contribution in [0.3, 0.4) is 0 Å². The molecular weight excluding hydrogens is 300 g/mol. The number of carboxylic acids is 1. The molecule has 0 unspecified atom stereocenters. The van der Waals surface area contributed by atoms with E-state index < -0.39 is 18.0 Å². The van der Waals surface area contributed by atoms with Gasteiger partial charge in [0.2, 0.25) is 16.9 Å². The molecule has 1 aromatic carbocycles. The number of rotatable bonds is 5. The first-order chi connectivity index (χ1) is 11.1. The zero-order valence-electron chi connectivity index (χ0n) is 12.4. The molecule has 0 saturated heterocycles. The van der Waals surface area contributed by atoms with Crippen LogP contribution in [-0.2, 0) is 11.2 Å². The predicted octanol–water partition coefficient (Wildman–Crippen LogP) is 3.08. The molecule has 2 aromatic heterocycles. The number of fused-ring (bicyclic) bond motifs is 1. The Hall–Kier alpha value is -3.02. The van der Waals surface area contributed by atoms with Crippen molar-refractivity contribution in [1.82, 2.24) is 0 Å². The van der Waals surface area contributed by atoms with Crippen molar-refractivity contribution >= 4 is 16.9 Å². The quantitative estimate of drug-likeness (QED) is 0.778. The summed E-state index contributed by atoms with van der Waals surface area (Å²) in [4.78, 5) is 23.5. The normalized spacial score (nSPS) is 10.8. The molecule has 3 aromatic rings. The zero-order chi connectivity index (χ0) is 16.4. The van der Waals surface area contributed by atoms with Crippen molar-refractivity contribution < 1.29 is 23.5 Å². The molecule has 0 atom stereocenters. The Morgan fingerprint density at radius 2 is 2.13 bits per heavy atom. The Morgan fingerprint density at radius 3 is 2.78 bits per heavy atom. The van der Waals surface area contributed by atoms with E-state index in [1.807, 2.05) is 13.0 Å². The van der Waals surface area contributed by atoms with E-state index >= 15 is 0 Å². The molecule has 6 heteroatoms. The topological polar surface area (TPSA) is 89.9 Å². The maximum absolute atomic E-state index is 12.7. The highest BCUT2D eigenvalue weighted by molar-refractivity contribution is 5.82. The van der Waals surface area contributed by atoms with Crippen LogP contribution in [-0.4, -0.2) is 17.7 Å². The zero-order valence-corrected chi connectivity index (χ0v) is 12.4. The average Bonchev–Trinajstić information content (AvgIpc) is 3.07. The van der Waals surface area contributed by atoms with E-state index in [1.54, 1.807) is 24.3 Å². The Balaban J connectivity index is 2.25. The molecule has 23 heavy (non-hydrogen) atoms. The summed E-state index contributed by atoms with van der Waals surface area (Å²) in [6, 6.07) is 8.55. The smallest absolute Gasteiger partial charge is 0.341 e. The van der Waals surface area contributed by atoms with Crippen molar-refractivity contribution in [3.63, 3.8) is 0 Å². The Kier molecular flexibility index (Phi) is 3.89. The van der Waals surface area contributed by atoms with Crippen LogP contribution in [0.25, 0.3) is 22.5 Å². The molecule has 0 fully saturated rings. The Labute approximate surface area is 130 Å². The monoisotopic (exact) mass is 314 g/mol. The van der Waals surface area contributed by atoms with Crippen LogP contribution < -0.4 is 10.2 Å². The van der Waals surface area contributed by atoms with Gasteiger partial charge in [-0.2, -0.15) is 0 Å². The third-order valence-electron chi connectivity index (χ3n) is 3.41. The van der Waals surface area contributed by atoms with E-state index in [-0.39, 0.29) is 11.5 Å². The molecule has 0 aliphatic carbocycles.